The molecule has 6 heteroatoms. The van der Waals surface area contributed by atoms with Crippen molar-refractivity contribution in [3.8, 4) is 0 Å². The van der Waals surface area contributed by atoms with Crippen molar-refractivity contribution in [3.63, 3.8) is 0 Å². The van der Waals surface area contributed by atoms with E-state index >= 15 is 0 Å². The van der Waals surface area contributed by atoms with Crippen LogP contribution >= 0.6 is 0 Å². The Hall–Kier alpha value is -2.11. The van der Waals surface area contributed by atoms with Crippen molar-refractivity contribution < 1.29 is 23.5 Å². The number of rotatable bonds is 2. The molecule has 0 saturated carbocycles. The molecule has 0 unspecified atom stereocenters. The average molecular weight is 295 g/mol. The van der Waals surface area contributed by atoms with Gasteiger partial charge in [0.1, 0.15) is 5.82 Å². The molecular weight excluding hydrogens is 277 g/mol. The van der Waals surface area contributed by atoms with E-state index in [0.29, 0.717) is 13.0 Å². The number of esters is 1. The highest BCUT2D eigenvalue weighted by Crippen LogP contribution is 2.34. The lowest BCUT2D eigenvalue weighted by atomic mass is 9.80. The Morgan fingerprint density at radius 2 is 1.86 bits per heavy atom. The van der Waals surface area contributed by atoms with E-state index in [0.717, 1.165) is 5.56 Å². The van der Waals surface area contributed by atoms with Gasteiger partial charge in [-0.25, -0.2) is 9.18 Å². The van der Waals surface area contributed by atoms with Crippen molar-refractivity contribution in [2.45, 2.75) is 12.3 Å². The SMILES string of the molecule is COC(=O)[C@H]1CN(C(=O)OC)CC[C@H]1c1ccc(F)cc1. The Bertz CT molecular complexity index is 517. The number of amides is 1. The number of carbonyl (C=O) groups is 2. The van der Waals surface area contributed by atoms with Crippen LogP contribution in [0.3, 0.4) is 0 Å². The molecule has 114 valence electrons. The van der Waals surface area contributed by atoms with Gasteiger partial charge in [0.15, 0.2) is 0 Å². The molecule has 1 heterocycles. The van der Waals surface area contributed by atoms with E-state index in [2.05, 4.69) is 0 Å². The van der Waals surface area contributed by atoms with Crippen molar-refractivity contribution in [3.05, 3.63) is 35.6 Å². The van der Waals surface area contributed by atoms with Crippen LogP contribution in [0.1, 0.15) is 17.9 Å². The summed E-state index contributed by atoms with van der Waals surface area (Å²) in [5, 5.41) is 0. The van der Waals surface area contributed by atoms with Gasteiger partial charge in [-0.1, -0.05) is 12.1 Å². The van der Waals surface area contributed by atoms with Gasteiger partial charge in [0.2, 0.25) is 0 Å². The molecule has 1 aromatic carbocycles. The lowest BCUT2D eigenvalue weighted by molar-refractivity contribution is -0.147. The number of ether oxygens (including phenoxy) is 2. The molecule has 0 radical (unpaired) electrons. The summed E-state index contributed by atoms with van der Waals surface area (Å²) in [7, 11) is 2.63. The fourth-order valence-corrected chi connectivity index (χ4v) is 2.75. The van der Waals surface area contributed by atoms with E-state index in [4.69, 9.17) is 9.47 Å². The summed E-state index contributed by atoms with van der Waals surface area (Å²) in [4.78, 5) is 25.1. The number of halogens is 1. The van der Waals surface area contributed by atoms with Crippen LogP contribution in [-0.2, 0) is 14.3 Å². The number of methoxy groups -OCH3 is 2. The second-order valence-electron chi connectivity index (χ2n) is 4.99. The monoisotopic (exact) mass is 295 g/mol. The first-order valence-electron chi connectivity index (χ1n) is 6.73. The van der Waals surface area contributed by atoms with E-state index in [1.165, 1.54) is 31.3 Å². The zero-order valence-electron chi connectivity index (χ0n) is 12.0. The third kappa shape index (κ3) is 3.32. The Morgan fingerprint density at radius 3 is 2.43 bits per heavy atom. The summed E-state index contributed by atoms with van der Waals surface area (Å²) in [5.41, 5.74) is 0.872. The third-order valence-electron chi connectivity index (χ3n) is 3.85. The van der Waals surface area contributed by atoms with Crippen molar-refractivity contribution in [2.75, 3.05) is 27.3 Å². The fourth-order valence-electron chi connectivity index (χ4n) is 2.75. The van der Waals surface area contributed by atoms with Crippen LogP contribution in [0.25, 0.3) is 0 Å². The number of piperidine rings is 1. The van der Waals surface area contributed by atoms with E-state index in [1.807, 2.05) is 0 Å². The van der Waals surface area contributed by atoms with Gasteiger partial charge in [-0.05, 0) is 24.1 Å². The molecule has 5 nitrogen and oxygen atoms in total. The highest BCUT2D eigenvalue weighted by atomic mass is 19.1. The summed E-state index contributed by atoms with van der Waals surface area (Å²) < 4.78 is 22.6. The normalized spacial score (nSPS) is 21.8. The minimum absolute atomic E-state index is 0.0982. The number of hydrogen-bond acceptors (Lipinski definition) is 4. The van der Waals surface area contributed by atoms with Gasteiger partial charge < -0.3 is 14.4 Å². The lowest BCUT2D eigenvalue weighted by Gasteiger charge is -2.36. The molecule has 0 spiro atoms. The highest BCUT2D eigenvalue weighted by molar-refractivity contribution is 5.76. The molecule has 0 aromatic heterocycles. The number of nitrogens with zero attached hydrogens (tertiary/aromatic N) is 1. The predicted octanol–water partition coefficient (Wildman–Crippen LogP) is 2.17. The van der Waals surface area contributed by atoms with Gasteiger partial charge in [-0.15, -0.1) is 0 Å². The van der Waals surface area contributed by atoms with E-state index < -0.39 is 12.0 Å². The minimum Gasteiger partial charge on any atom is -0.469 e. The van der Waals surface area contributed by atoms with Crippen molar-refractivity contribution >= 4 is 12.1 Å². The number of hydrogen-bond donors (Lipinski definition) is 0. The third-order valence-corrected chi connectivity index (χ3v) is 3.85. The van der Waals surface area contributed by atoms with Crippen LogP contribution in [0.4, 0.5) is 9.18 Å². The quantitative estimate of drug-likeness (QED) is 0.785. The second-order valence-corrected chi connectivity index (χ2v) is 4.99. The van der Waals surface area contributed by atoms with E-state index in [9.17, 15) is 14.0 Å². The van der Waals surface area contributed by atoms with Crippen LogP contribution in [0, 0.1) is 11.7 Å². The second kappa shape index (κ2) is 6.56. The Labute approximate surface area is 122 Å². The molecule has 2 rings (SSSR count). The molecule has 0 bridgehead atoms. The highest BCUT2D eigenvalue weighted by Gasteiger charge is 2.37. The molecule has 1 amide bonds. The Morgan fingerprint density at radius 1 is 1.19 bits per heavy atom. The predicted molar refractivity (Wildman–Crippen MR) is 73.2 cm³/mol. The molecular formula is C15H18FNO4. The first-order chi connectivity index (χ1) is 10.1. The van der Waals surface area contributed by atoms with Crippen molar-refractivity contribution in [1.29, 1.82) is 0 Å². The zero-order chi connectivity index (χ0) is 15.4. The smallest absolute Gasteiger partial charge is 0.409 e. The molecule has 1 saturated heterocycles. The fraction of sp³-hybridized carbons (Fsp3) is 0.467. The maximum Gasteiger partial charge on any atom is 0.409 e. The largest absolute Gasteiger partial charge is 0.469 e. The molecule has 21 heavy (non-hydrogen) atoms. The van der Waals surface area contributed by atoms with Crippen molar-refractivity contribution in [2.24, 2.45) is 5.92 Å². The number of benzene rings is 1. The summed E-state index contributed by atoms with van der Waals surface area (Å²) >= 11 is 0. The Balaban J connectivity index is 2.22. The summed E-state index contributed by atoms with van der Waals surface area (Å²) in [6.07, 6.45) is 0.141. The topological polar surface area (TPSA) is 55.8 Å². The summed E-state index contributed by atoms with van der Waals surface area (Å²) in [6, 6.07) is 6.08. The van der Waals surface area contributed by atoms with Gasteiger partial charge in [-0.3, -0.25) is 4.79 Å². The average Bonchev–Trinajstić information content (AvgIpc) is 2.53. The van der Waals surface area contributed by atoms with Crippen molar-refractivity contribution in [1.82, 2.24) is 4.90 Å². The first kappa shape index (κ1) is 15.3. The van der Waals surface area contributed by atoms with Gasteiger partial charge >= 0.3 is 12.1 Å². The maximum atomic E-state index is 13.0. The van der Waals surface area contributed by atoms with Crippen LogP contribution in [0.15, 0.2) is 24.3 Å². The van der Waals surface area contributed by atoms with E-state index in [-0.39, 0.29) is 24.2 Å². The molecule has 1 aromatic rings. The van der Waals surface area contributed by atoms with Gasteiger partial charge in [-0.2, -0.15) is 0 Å². The van der Waals surface area contributed by atoms with Gasteiger partial charge in [0, 0.05) is 19.0 Å². The molecule has 1 aliphatic heterocycles. The molecule has 1 aliphatic rings. The van der Waals surface area contributed by atoms with Crippen LogP contribution < -0.4 is 0 Å². The number of likely N-dealkylation sites (tertiary alicyclic amines) is 1. The lowest BCUT2D eigenvalue weighted by Crippen LogP contribution is -2.46. The molecule has 0 N–H and O–H groups in total. The van der Waals surface area contributed by atoms with Gasteiger partial charge in [0.25, 0.3) is 0 Å². The molecule has 1 fully saturated rings. The number of carbonyl (C=O) groups excluding carboxylic acids is 2. The van der Waals surface area contributed by atoms with Gasteiger partial charge in [0.05, 0.1) is 20.1 Å². The first-order valence-corrected chi connectivity index (χ1v) is 6.73. The van der Waals surface area contributed by atoms with Crippen LogP contribution in [-0.4, -0.2) is 44.3 Å². The van der Waals surface area contributed by atoms with Crippen LogP contribution in [0.5, 0.6) is 0 Å². The Kier molecular flexibility index (Phi) is 4.77. The molecule has 0 aliphatic carbocycles. The van der Waals surface area contributed by atoms with Crippen LogP contribution in [0.2, 0.25) is 0 Å². The maximum absolute atomic E-state index is 13.0. The van der Waals surface area contributed by atoms with E-state index in [1.54, 1.807) is 12.1 Å². The minimum atomic E-state index is -0.478. The summed E-state index contributed by atoms with van der Waals surface area (Å²) in [5.74, 6) is -1.27. The zero-order valence-corrected chi connectivity index (χ0v) is 12.0. The molecule has 2 atom stereocenters. The summed E-state index contributed by atoms with van der Waals surface area (Å²) in [6.45, 7) is 0.726. The standard InChI is InChI=1S/C15H18FNO4/c1-20-14(18)13-9-17(15(19)21-2)8-7-12(13)10-3-5-11(16)6-4-10/h3-6,12-13H,7-9H2,1-2H3/t12-,13-/m0/s1.